The highest BCUT2D eigenvalue weighted by molar-refractivity contribution is 7.92. The van der Waals surface area contributed by atoms with Gasteiger partial charge in [0.15, 0.2) is 9.84 Å². The predicted octanol–water partition coefficient (Wildman–Crippen LogP) is 3.34. The molecule has 0 bridgehead atoms. The number of amides is 1. The second kappa shape index (κ2) is 9.22. The van der Waals surface area contributed by atoms with Gasteiger partial charge in [0.05, 0.1) is 16.1 Å². The van der Waals surface area contributed by atoms with E-state index in [-0.39, 0.29) is 17.1 Å². The van der Waals surface area contributed by atoms with Crippen molar-refractivity contribution in [2.45, 2.75) is 54.6 Å². The van der Waals surface area contributed by atoms with Crippen molar-refractivity contribution in [2.75, 3.05) is 18.5 Å². The van der Waals surface area contributed by atoms with Gasteiger partial charge >= 0.3 is 0 Å². The van der Waals surface area contributed by atoms with Crippen LogP contribution in [0.1, 0.15) is 50.0 Å². The Hall–Kier alpha value is -2.32. The summed E-state index contributed by atoms with van der Waals surface area (Å²) in [5.41, 5.74) is 0.820. The van der Waals surface area contributed by atoms with E-state index in [0.717, 1.165) is 37.7 Å². The van der Waals surface area contributed by atoms with E-state index in [2.05, 4.69) is 15.3 Å². The molecule has 2 aliphatic rings. The quantitative estimate of drug-likeness (QED) is 0.725. The summed E-state index contributed by atoms with van der Waals surface area (Å²) in [6, 6.07) is 8.53. The average molecular weight is 430 g/mol. The Balaban J connectivity index is 1.55. The molecule has 8 heteroatoms. The topological polar surface area (TPSA) is 98.2 Å². The van der Waals surface area contributed by atoms with Crippen molar-refractivity contribution in [3.8, 4) is 0 Å². The lowest BCUT2D eigenvalue weighted by atomic mass is 9.84. The first-order valence-electron chi connectivity index (χ1n) is 10.5. The minimum atomic E-state index is -3.27. The Morgan fingerprint density at radius 3 is 2.43 bits per heavy atom. The molecular formula is C22H27N3O4S. The van der Waals surface area contributed by atoms with E-state index in [1.165, 1.54) is 6.33 Å². The maximum absolute atomic E-state index is 13.1. The molecule has 0 spiro atoms. The van der Waals surface area contributed by atoms with Crippen LogP contribution in [0.2, 0.25) is 0 Å². The van der Waals surface area contributed by atoms with Gasteiger partial charge in [-0.25, -0.2) is 18.4 Å². The highest BCUT2D eigenvalue weighted by atomic mass is 32.2. The Bertz CT molecular complexity index is 954. The minimum absolute atomic E-state index is 0.144. The van der Waals surface area contributed by atoms with Crippen LogP contribution in [0.3, 0.4) is 0 Å². The van der Waals surface area contributed by atoms with Crippen LogP contribution in [0.5, 0.6) is 0 Å². The van der Waals surface area contributed by atoms with Crippen LogP contribution in [-0.2, 0) is 19.4 Å². The van der Waals surface area contributed by atoms with E-state index < -0.39 is 9.84 Å². The molecule has 2 fully saturated rings. The van der Waals surface area contributed by atoms with Crippen molar-refractivity contribution >= 4 is 21.6 Å². The molecule has 7 nitrogen and oxygen atoms in total. The number of sulfone groups is 1. The number of hydrogen-bond donors (Lipinski definition) is 1. The molecule has 1 amide bonds. The van der Waals surface area contributed by atoms with Crippen molar-refractivity contribution in [2.24, 2.45) is 5.92 Å². The maximum atomic E-state index is 13.1. The van der Waals surface area contributed by atoms with Crippen molar-refractivity contribution in [3.63, 3.8) is 0 Å². The molecule has 1 saturated carbocycles. The zero-order valence-corrected chi connectivity index (χ0v) is 17.7. The molecule has 1 saturated heterocycles. The molecule has 0 unspecified atom stereocenters. The largest absolute Gasteiger partial charge is 0.381 e. The van der Waals surface area contributed by atoms with Gasteiger partial charge in [-0.2, -0.15) is 0 Å². The number of carbonyl (C=O) groups excluding carboxylic acids is 1. The molecule has 1 atom stereocenters. The summed E-state index contributed by atoms with van der Waals surface area (Å²) < 4.78 is 30.8. The van der Waals surface area contributed by atoms with E-state index in [1.54, 1.807) is 36.5 Å². The van der Waals surface area contributed by atoms with Gasteiger partial charge in [-0.05, 0) is 61.8 Å². The number of benzene rings is 1. The normalized spacial score (nSPS) is 19.1. The van der Waals surface area contributed by atoms with Crippen LogP contribution in [0.4, 0.5) is 5.82 Å². The number of rotatable bonds is 7. The smallest absolute Gasteiger partial charge is 0.233 e. The zero-order valence-electron chi connectivity index (χ0n) is 16.9. The molecule has 1 aliphatic carbocycles. The number of carbonyl (C=O) groups is 1. The number of aromatic nitrogens is 2. The second-order valence-corrected chi connectivity index (χ2v) is 10.3. The first-order chi connectivity index (χ1) is 14.5. The molecule has 0 radical (unpaired) electrons. The first-order valence-corrected chi connectivity index (χ1v) is 12.1. The number of ether oxygens (including phenoxy) is 1. The number of nitrogens with zero attached hydrogens (tertiary/aromatic N) is 2. The van der Waals surface area contributed by atoms with Crippen molar-refractivity contribution in [3.05, 3.63) is 48.4 Å². The molecule has 1 aliphatic heterocycles. The lowest BCUT2D eigenvalue weighted by Gasteiger charge is -2.27. The van der Waals surface area contributed by atoms with Crippen molar-refractivity contribution in [1.29, 1.82) is 0 Å². The zero-order chi connectivity index (χ0) is 21.0. The van der Waals surface area contributed by atoms with Gasteiger partial charge in [0.1, 0.15) is 12.1 Å². The Morgan fingerprint density at radius 2 is 1.83 bits per heavy atom. The fourth-order valence-corrected chi connectivity index (χ4v) is 5.91. The fraction of sp³-hybridized carbons (Fsp3) is 0.500. The third-order valence-electron chi connectivity index (χ3n) is 6.16. The van der Waals surface area contributed by atoms with Crippen LogP contribution in [-0.4, -0.2) is 42.8 Å². The summed E-state index contributed by atoms with van der Waals surface area (Å²) in [6.45, 7) is 1.42. The standard InChI is InChI=1S/C22H27N3O4S/c26-22(25-21-8-11-23-15-24-21)20(14-16-9-12-29-13-10-16)17-4-6-19(7-5-17)30(27,28)18-2-1-3-18/h4-8,11,15-16,18,20H,1-3,9-10,12-14H2,(H,23,24,25,26)/t20-/m1/s1. The maximum Gasteiger partial charge on any atom is 0.233 e. The van der Waals surface area contributed by atoms with Crippen LogP contribution >= 0.6 is 0 Å². The molecule has 2 aromatic rings. The second-order valence-electron chi connectivity index (χ2n) is 8.09. The third-order valence-corrected chi connectivity index (χ3v) is 8.44. The lowest BCUT2D eigenvalue weighted by Crippen LogP contribution is -2.28. The highest BCUT2D eigenvalue weighted by Crippen LogP contribution is 2.34. The molecule has 2 heterocycles. The predicted molar refractivity (Wildman–Crippen MR) is 113 cm³/mol. The van der Waals surface area contributed by atoms with Gasteiger partial charge < -0.3 is 10.1 Å². The summed E-state index contributed by atoms with van der Waals surface area (Å²) in [4.78, 5) is 21.4. The van der Waals surface area contributed by atoms with Gasteiger partial charge in [0.25, 0.3) is 0 Å². The molecule has 4 rings (SSSR count). The van der Waals surface area contributed by atoms with E-state index in [1.807, 2.05) is 0 Å². The van der Waals surface area contributed by atoms with Crippen LogP contribution in [0.25, 0.3) is 0 Å². The van der Waals surface area contributed by atoms with Crippen LogP contribution in [0, 0.1) is 5.92 Å². The summed E-state index contributed by atoms with van der Waals surface area (Å²) in [5.74, 6) is 0.313. The SMILES string of the molecule is O=C(Nc1ccncn1)[C@H](CC1CCOCC1)c1ccc(S(=O)(=O)C2CCC2)cc1. The van der Waals surface area contributed by atoms with Gasteiger partial charge in [0.2, 0.25) is 5.91 Å². The fourth-order valence-electron chi connectivity index (χ4n) is 4.05. The summed E-state index contributed by atoms with van der Waals surface area (Å²) in [5, 5.41) is 2.61. The minimum Gasteiger partial charge on any atom is -0.381 e. The van der Waals surface area contributed by atoms with Crippen LogP contribution in [0.15, 0.2) is 47.8 Å². The highest BCUT2D eigenvalue weighted by Gasteiger charge is 2.33. The number of nitrogens with one attached hydrogen (secondary N) is 1. The summed E-state index contributed by atoms with van der Waals surface area (Å²) in [6.07, 6.45) is 7.94. The Kier molecular flexibility index (Phi) is 6.43. The molecule has 30 heavy (non-hydrogen) atoms. The average Bonchev–Trinajstić information content (AvgIpc) is 2.72. The van der Waals surface area contributed by atoms with E-state index >= 15 is 0 Å². The first kappa shape index (κ1) is 20.9. The number of hydrogen-bond acceptors (Lipinski definition) is 6. The van der Waals surface area contributed by atoms with Crippen molar-refractivity contribution in [1.82, 2.24) is 9.97 Å². The van der Waals surface area contributed by atoms with Gasteiger partial charge in [0, 0.05) is 19.4 Å². The monoisotopic (exact) mass is 429 g/mol. The van der Waals surface area contributed by atoms with Gasteiger partial charge in [-0.3, -0.25) is 4.79 Å². The molecular weight excluding hydrogens is 402 g/mol. The van der Waals surface area contributed by atoms with Gasteiger partial charge in [-0.15, -0.1) is 0 Å². The molecule has 1 aromatic carbocycles. The molecule has 1 N–H and O–H groups in total. The lowest BCUT2D eigenvalue weighted by molar-refractivity contribution is -0.118. The van der Waals surface area contributed by atoms with E-state index in [0.29, 0.717) is 36.3 Å². The Morgan fingerprint density at radius 1 is 1.10 bits per heavy atom. The Labute approximate surface area is 177 Å². The van der Waals surface area contributed by atoms with E-state index in [9.17, 15) is 13.2 Å². The van der Waals surface area contributed by atoms with Crippen LogP contribution < -0.4 is 5.32 Å². The third kappa shape index (κ3) is 4.70. The molecule has 160 valence electrons. The van der Waals surface area contributed by atoms with E-state index in [4.69, 9.17) is 4.74 Å². The summed E-state index contributed by atoms with van der Waals surface area (Å²) in [7, 11) is -3.27. The summed E-state index contributed by atoms with van der Waals surface area (Å²) >= 11 is 0. The number of anilines is 1. The molecule has 1 aromatic heterocycles. The van der Waals surface area contributed by atoms with Crippen molar-refractivity contribution < 1.29 is 17.9 Å². The van der Waals surface area contributed by atoms with Gasteiger partial charge in [-0.1, -0.05) is 18.6 Å².